The largest absolute Gasteiger partial charge is 0.394 e. The van der Waals surface area contributed by atoms with Crippen molar-refractivity contribution >= 4 is 5.69 Å². The molecule has 1 rings (SSSR count). The number of para-hydroxylation sites is 1. The zero-order valence-corrected chi connectivity index (χ0v) is 9.06. The van der Waals surface area contributed by atoms with Gasteiger partial charge in [0.05, 0.1) is 19.2 Å². The quantitative estimate of drug-likeness (QED) is 0.739. The van der Waals surface area contributed by atoms with E-state index in [0.717, 1.165) is 12.1 Å². The van der Waals surface area contributed by atoms with Crippen LogP contribution in [0.3, 0.4) is 0 Å². The van der Waals surface area contributed by atoms with E-state index >= 15 is 0 Å². The molecule has 80 valence electrons. The molecule has 0 fully saturated rings. The SMILES string of the molecule is C#CCN(c1ccccc1)C(CC)CO. The standard InChI is InChI=1S/C13H17NO/c1-3-10-14(12(4-2)11-15)13-8-6-5-7-9-13/h1,5-9,12,15H,4,10-11H2,2H3. The lowest BCUT2D eigenvalue weighted by Gasteiger charge is -2.30. The minimum atomic E-state index is 0.100. The fourth-order valence-corrected chi connectivity index (χ4v) is 1.60. The topological polar surface area (TPSA) is 23.5 Å². The molecule has 0 aliphatic rings. The number of terminal acetylenes is 1. The summed E-state index contributed by atoms with van der Waals surface area (Å²) in [4.78, 5) is 2.06. The van der Waals surface area contributed by atoms with Crippen molar-refractivity contribution in [2.24, 2.45) is 0 Å². The van der Waals surface area contributed by atoms with Gasteiger partial charge >= 0.3 is 0 Å². The lowest BCUT2D eigenvalue weighted by molar-refractivity contribution is 0.258. The minimum absolute atomic E-state index is 0.100. The molecule has 0 heterocycles. The van der Waals surface area contributed by atoms with Crippen molar-refractivity contribution in [3.63, 3.8) is 0 Å². The summed E-state index contributed by atoms with van der Waals surface area (Å²) in [5, 5.41) is 9.27. The first kappa shape index (κ1) is 11.6. The number of nitrogens with zero attached hydrogens (tertiary/aromatic N) is 1. The fraction of sp³-hybridized carbons (Fsp3) is 0.385. The highest BCUT2D eigenvalue weighted by molar-refractivity contribution is 5.48. The van der Waals surface area contributed by atoms with Crippen molar-refractivity contribution < 1.29 is 5.11 Å². The monoisotopic (exact) mass is 203 g/mol. The molecule has 0 aliphatic carbocycles. The third kappa shape index (κ3) is 3.00. The zero-order valence-electron chi connectivity index (χ0n) is 9.06. The Morgan fingerprint density at radius 1 is 1.40 bits per heavy atom. The van der Waals surface area contributed by atoms with Crippen LogP contribution in [0.25, 0.3) is 0 Å². The molecule has 1 N–H and O–H groups in total. The van der Waals surface area contributed by atoms with Crippen LogP contribution in [-0.2, 0) is 0 Å². The molecule has 1 aromatic rings. The van der Waals surface area contributed by atoms with Gasteiger partial charge in [-0.25, -0.2) is 0 Å². The Labute approximate surface area is 91.5 Å². The first-order valence-corrected chi connectivity index (χ1v) is 5.19. The lowest BCUT2D eigenvalue weighted by Crippen LogP contribution is -2.37. The van der Waals surface area contributed by atoms with Crippen LogP contribution in [-0.4, -0.2) is 24.3 Å². The molecule has 2 heteroatoms. The maximum Gasteiger partial charge on any atom is 0.0795 e. The first-order chi connectivity index (χ1) is 7.33. The molecule has 0 saturated heterocycles. The van der Waals surface area contributed by atoms with E-state index < -0.39 is 0 Å². The Morgan fingerprint density at radius 2 is 2.07 bits per heavy atom. The highest BCUT2D eigenvalue weighted by atomic mass is 16.3. The number of benzene rings is 1. The van der Waals surface area contributed by atoms with E-state index in [4.69, 9.17) is 6.42 Å². The van der Waals surface area contributed by atoms with Gasteiger partial charge < -0.3 is 10.0 Å². The van der Waals surface area contributed by atoms with Crippen LogP contribution in [0, 0.1) is 12.3 Å². The number of rotatable bonds is 5. The molecule has 0 spiro atoms. The summed E-state index contributed by atoms with van der Waals surface area (Å²) in [6, 6.07) is 10.0. The molecule has 0 amide bonds. The second-order valence-electron chi connectivity index (χ2n) is 3.41. The molecule has 0 aliphatic heterocycles. The first-order valence-electron chi connectivity index (χ1n) is 5.19. The van der Waals surface area contributed by atoms with Crippen molar-refractivity contribution in [3.8, 4) is 12.3 Å². The van der Waals surface area contributed by atoms with E-state index in [9.17, 15) is 5.11 Å². The van der Waals surface area contributed by atoms with Crippen LogP contribution in [0.4, 0.5) is 5.69 Å². The van der Waals surface area contributed by atoms with Crippen molar-refractivity contribution in [2.75, 3.05) is 18.1 Å². The van der Waals surface area contributed by atoms with Gasteiger partial charge in [-0.1, -0.05) is 31.0 Å². The molecule has 15 heavy (non-hydrogen) atoms. The predicted molar refractivity (Wildman–Crippen MR) is 63.8 cm³/mol. The van der Waals surface area contributed by atoms with Crippen LogP contribution >= 0.6 is 0 Å². The highest BCUT2D eigenvalue weighted by Gasteiger charge is 2.14. The Morgan fingerprint density at radius 3 is 2.53 bits per heavy atom. The van der Waals surface area contributed by atoms with E-state index in [-0.39, 0.29) is 12.6 Å². The Balaban J connectivity index is 2.88. The van der Waals surface area contributed by atoms with Crippen molar-refractivity contribution in [3.05, 3.63) is 30.3 Å². The van der Waals surface area contributed by atoms with Gasteiger partial charge in [0.25, 0.3) is 0 Å². The van der Waals surface area contributed by atoms with E-state index in [2.05, 4.69) is 10.8 Å². The maximum atomic E-state index is 9.27. The molecule has 0 saturated carbocycles. The third-order valence-electron chi connectivity index (χ3n) is 2.47. The summed E-state index contributed by atoms with van der Waals surface area (Å²) >= 11 is 0. The average Bonchev–Trinajstić information content (AvgIpc) is 2.30. The van der Waals surface area contributed by atoms with Crippen molar-refractivity contribution in [1.82, 2.24) is 0 Å². The number of anilines is 1. The Kier molecular flexibility index (Phi) is 4.73. The second-order valence-corrected chi connectivity index (χ2v) is 3.41. The molecular formula is C13H17NO. The van der Waals surface area contributed by atoms with Gasteiger partial charge in [-0.15, -0.1) is 6.42 Å². The van der Waals surface area contributed by atoms with Crippen molar-refractivity contribution in [2.45, 2.75) is 19.4 Å². The summed E-state index contributed by atoms with van der Waals surface area (Å²) in [6.45, 7) is 2.71. The number of aliphatic hydroxyl groups is 1. The van der Waals surface area contributed by atoms with E-state index in [0.29, 0.717) is 6.54 Å². The highest BCUT2D eigenvalue weighted by Crippen LogP contribution is 2.17. The van der Waals surface area contributed by atoms with Crippen molar-refractivity contribution in [1.29, 1.82) is 0 Å². The second kappa shape index (κ2) is 6.10. The van der Waals surface area contributed by atoms with Crippen LogP contribution in [0.15, 0.2) is 30.3 Å². The summed E-state index contributed by atoms with van der Waals surface area (Å²) in [5.74, 6) is 2.63. The Hall–Kier alpha value is -1.46. The van der Waals surface area contributed by atoms with E-state index in [1.807, 2.05) is 37.3 Å². The predicted octanol–water partition coefficient (Wildman–Crippen LogP) is 1.90. The fourth-order valence-electron chi connectivity index (χ4n) is 1.60. The molecule has 1 atom stereocenters. The van der Waals surface area contributed by atoms with Crippen LogP contribution in [0.5, 0.6) is 0 Å². The van der Waals surface area contributed by atoms with Gasteiger partial charge in [0.15, 0.2) is 0 Å². The number of hydrogen-bond acceptors (Lipinski definition) is 2. The smallest absolute Gasteiger partial charge is 0.0795 e. The molecule has 0 radical (unpaired) electrons. The van der Waals surface area contributed by atoms with E-state index in [1.54, 1.807) is 0 Å². The lowest BCUT2D eigenvalue weighted by atomic mass is 10.1. The normalized spacial score (nSPS) is 11.8. The molecule has 0 bridgehead atoms. The third-order valence-corrected chi connectivity index (χ3v) is 2.47. The van der Waals surface area contributed by atoms with Gasteiger partial charge in [0.2, 0.25) is 0 Å². The van der Waals surface area contributed by atoms with E-state index in [1.165, 1.54) is 0 Å². The van der Waals surface area contributed by atoms with Gasteiger partial charge in [-0.2, -0.15) is 0 Å². The van der Waals surface area contributed by atoms with Gasteiger partial charge in [0.1, 0.15) is 0 Å². The Bertz CT molecular complexity index is 311. The summed E-state index contributed by atoms with van der Waals surface area (Å²) in [7, 11) is 0. The van der Waals surface area contributed by atoms with Crippen LogP contribution < -0.4 is 4.90 Å². The minimum Gasteiger partial charge on any atom is -0.394 e. The summed E-state index contributed by atoms with van der Waals surface area (Å²) < 4.78 is 0. The summed E-state index contributed by atoms with van der Waals surface area (Å²) in [5.41, 5.74) is 1.07. The summed E-state index contributed by atoms with van der Waals surface area (Å²) in [6.07, 6.45) is 6.22. The molecule has 0 aromatic heterocycles. The van der Waals surface area contributed by atoms with Crippen LogP contribution in [0.2, 0.25) is 0 Å². The molecule has 2 nitrogen and oxygen atoms in total. The van der Waals surface area contributed by atoms with Gasteiger partial charge in [-0.05, 0) is 18.6 Å². The maximum absolute atomic E-state index is 9.27. The zero-order chi connectivity index (χ0) is 11.1. The number of aliphatic hydroxyl groups excluding tert-OH is 1. The number of hydrogen-bond donors (Lipinski definition) is 1. The molecule has 1 unspecified atom stereocenters. The van der Waals surface area contributed by atoms with Gasteiger partial charge in [0, 0.05) is 5.69 Å². The van der Waals surface area contributed by atoms with Crippen LogP contribution in [0.1, 0.15) is 13.3 Å². The average molecular weight is 203 g/mol. The molecular weight excluding hydrogens is 186 g/mol. The van der Waals surface area contributed by atoms with Gasteiger partial charge in [-0.3, -0.25) is 0 Å². The molecule has 1 aromatic carbocycles.